The molecule has 0 saturated carbocycles. The van der Waals surface area contributed by atoms with E-state index in [1.165, 1.54) is 0 Å². The molecule has 0 aliphatic heterocycles. The fourth-order valence-corrected chi connectivity index (χ4v) is 1.26. The van der Waals surface area contributed by atoms with Crippen LogP contribution in [0.15, 0.2) is 24.3 Å². The zero-order chi connectivity index (χ0) is 9.68. The fraction of sp³-hybridized carbons (Fsp3) is 0.400. The molecule has 1 atom stereocenters. The van der Waals surface area contributed by atoms with Crippen molar-refractivity contribution in [1.82, 2.24) is 0 Å². The molecule has 1 rings (SSSR count). The van der Waals surface area contributed by atoms with Gasteiger partial charge in [0.2, 0.25) is 0 Å². The van der Waals surface area contributed by atoms with E-state index in [9.17, 15) is 0 Å². The Morgan fingerprint density at radius 3 is 2.46 bits per heavy atom. The summed E-state index contributed by atoms with van der Waals surface area (Å²) in [5.74, 6) is 5.43. The van der Waals surface area contributed by atoms with Crippen LogP contribution in [0.25, 0.3) is 0 Å². The third-order valence-electron chi connectivity index (χ3n) is 1.98. The summed E-state index contributed by atoms with van der Waals surface area (Å²) in [5.41, 5.74) is 1.00. The summed E-state index contributed by atoms with van der Waals surface area (Å²) in [5, 5.41) is 9.07. The van der Waals surface area contributed by atoms with Gasteiger partial charge in [-0.1, -0.05) is 25.5 Å². The lowest BCUT2D eigenvalue weighted by molar-refractivity contribution is 0.0460. The van der Waals surface area contributed by atoms with E-state index in [0.717, 1.165) is 18.4 Å². The van der Waals surface area contributed by atoms with Crippen molar-refractivity contribution in [2.75, 3.05) is 0 Å². The van der Waals surface area contributed by atoms with Crippen molar-refractivity contribution in [2.24, 2.45) is 5.90 Å². The first kappa shape index (κ1) is 10.0. The van der Waals surface area contributed by atoms with Crippen LogP contribution in [0.2, 0.25) is 0 Å². The molecule has 0 aromatic heterocycles. The number of phenolic OH excluding ortho intramolecular Hbond substituents is 1. The summed E-state index contributed by atoms with van der Waals surface area (Å²) in [6.45, 7) is 2.08. The van der Waals surface area contributed by atoms with Crippen LogP contribution < -0.4 is 5.90 Å². The Hall–Kier alpha value is -1.06. The van der Waals surface area contributed by atoms with Gasteiger partial charge in [0.1, 0.15) is 11.9 Å². The van der Waals surface area contributed by atoms with Gasteiger partial charge >= 0.3 is 0 Å². The van der Waals surface area contributed by atoms with E-state index in [2.05, 4.69) is 6.92 Å². The lowest BCUT2D eigenvalue weighted by atomic mass is 10.1. The van der Waals surface area contributed by atoms with Crippen LogP contribution in [0.3, 0.4) is 0 Å². The van der Waals surface area contributed by atoms with E-state index in [1.54, 1.807) is 12.1 Å². The van der Waals surface area contributed by atoms with Gasteiger partial charge in [-0.15, -0.1) is 0 Å². The maximum Gasteiger partial charge on any atom is 0.115 e. The molecule has 0 spiro atoms. The summed E-state index contributed by atoms with van der Waals surface area (Å²) in [7, 11) is 0. The molecule has 3 heteroatoms. The normalized spacial score (nSPS) is 12.8. The highest BCUT2D eigenvalue weighted by molar-refractivity contribution is 5.27. The van der Waals surface area contributed by atoms with Crippen LogP contribution >= 0.6 is 0 Å². The van der Waals surface area contributed by atoms with E-state index < -0.39 is 0 Å². The van der Waals surface area contributed by atoms with Crippen LogP contribution in [0, 0.1) is 0 Å². The monoisotopic (exact) mass is 181 g/mol. The van der Waals surface area contributed by atoms with Gasteiger partial charge in [-0.3, -0.25) is 4.84 Å². The van der Waals surface area contributed by atoms with E-state index in [0.29, 0.717) is 0 Å². The minimum Gasteiger partial charge on any atom is -0.508 e. The molecule has 72 valence electrons. The molecule has 0 aliphatic carbocycles. The Morgan fingerprint density at radius 1 is 1.38 bits per heavy atom. The van der Waals surface area contributed by atoms with E-state index in [-0.39, 0.29) is 11.9 Å². The second-order valence-corrected chi connectivity index (χ2v) is 3.00. The average Bonchev–Trinajstić information content (AvgIpc) is 2.16. The Balaban J connectivity index is 2.73. The van der Waals surface area contributed by atoms with Crippen molar-refractivity contribution in [3.8, 4) is 5.75 Å². The molecule has 0 bridgehead atoms. The number of benzene rings is 1. The van der Waals surface area contributed by atoms with Crippen molar-refractivity contribution in [2.45, 2.75) is 25.9 Å². The second-order valence-electron chi connectivity index (χ2n) is 3.00. The summed E-state index contributed by atoms with van der Waals surface area (Å²) < 4.78 is 0. The van der Waals surface area contributed by atoms with E-state index in [1.807, 2.05) is 12.1 Å². The predicted molar refractivity (Wildman–Crippen MR) is 51.0 cm³/mol. The second kappa shape index (κ2) is 4.84. The Labute approximate surface area is 78.1 Å². The van der Waals surface area contributed by atoms with Crippen LogP contribution in [-0.2, 0) is 4.84 Å². The molecular formula is C10H15NO2. The first-order chi connectivity index (χ1) is 6.27. The summed E-state index contributed by atoms with van der Waals surface area (Å²) in [6, 6.07) is 6.92. The van der Waals surface area contributed by atoms with Gasteiger partial charge < -0.3 is 5.11 Å². The highest BCUT2D eigenvalue weighted by atomic mass is 16.6. The van der Waals surface area contributed by atoms with Gasteiger partial charge in [-0.2, -0.15) is 0 Å². The maximum atomic E-state index is 9.07. The largest absolute Gasteiger partial charge is 0.508 e. The van der Waals surface area contributed by atoms with Crippen LogP contribution in [0.4, 0.5) is 0 Å². The standard InChI is InChI=1S/C10H15NO2/c1-2-3-10(13-11)8-4-6-9(12)7-5-8/h4-7,10,12H,2-3,11H2,1H3. The third-order valence-corrected chi connectivity index (χ3v) is 1.98. The highest BCUT2D eigenvalue weighted by Gasteiger charge is 2.09. The van der Waals surface area contributed by atoms with Gasteiger partial charge in [0.15, 0.2) is 0 Å². The molecule has 0 heterocycles. The minimum atomic E-state index is -0.0643. The van der Waals surface area contributed by atoms with Crippen LogP contribution in [0.1, 0.15) is 31.4 Å². The number of hydrogen-bond donors (Lipinski definition) is 2. The fourth-order valence-electron chi connectivity index (χ4n) is 1.26. The van der Waals surface area contributed by atoms with Gasteiger partial charge in [0.25, 0.3) is 0 Å². The van der Waals surface area contributed by atoms with Crippen molar-refractivity contribution in [1.29, 1.82) is 0 Å². The van der Waals surface area contributed by atoms with Crippen LogP contribution in [-0.4, -0.2) is 5.11 Å². The average molecular weight is 181 g/mol. The number of rotatable bonds is 4. The molecule has 13 heavy (non-hydrogen) atoms. The highest BCUT2D eigenvalue weighted by Crippen LogP contribution is 2.22. The van der Waals surface area contributed by atoms with Crippen molar-refractivity contribution >= 4 is 0 Å². The molecular weight excluding hydrogens is 166 g/mol. The van der Waals surface area contributed by atoms with Crippen molar-refractivity contribution in [3.63, 3.8) is 0 Å². The molecule has 3 nitrogen and oxygen atoms in total. The maximum absolute atomic E-state index is 9.07. The third kappa shape index (κ3) is 2.72. The molecule has 1 aromatic rings. The van der Waals surface area contributed by atoms with Crippen LogP contribution in [0.5, 0.6) is 5.75 Å². The molecule has 1 aromatic carbocycles. The molecule has 0 aliphatic rings. The van der Waals surface area contributed by atoms with Gasteiger partial charge in [0.05, 0.1) is 0 Å². The van der Waals surface area contributed by atoms with E-state index in [4.69, 9.17) is 15.8 Å². The molecule has 0 radical (unpaired) electrons. The van der Waals surface area contributed by atoms with Crippen molar-refractivity contribution < 1.29 is 9.94 Å². The topological polar surface area (TPSA) is 55.5 Å². The Morgan fingerprint density at radius 2 is 2.00 bits per heavy atom. The summed E-state index contributed by atoms with van der Waals surface area (Å²) in [4.78, 5) is 4.83. The Kier molecular flexibility index (Phi) is 3.73. The van der Waals surface area contributed by atoms with Gasteiger partial charge in [-0.05, 0) is 24.1 Å². The SMILES string of the molecule is CCCC(ON)c1ccc(O)cc1. The lowest BCUT2D eigenvalue weighted by Crippen LogP contribution is -2.08. The first-order valence-corrected chi connectivity index (χ1v) is 4.42. The lowest BCUT2D eigenvalue weighted by Gasteiger charge is -2.13. The first-order valence-electron chi connectivity index (χ1n) is 4.42. The number of nitrogens with two attached hydrogens (primary N) is 1. The quantitative estimate of drug-likeness (QED) is 0.699. The van der Waals surface area contributed by atoms with Gasteiger partial charge in [0, 0.05) is 0 Å². The predicted octanol–water partition coefficient (Wildman–Crippen LogP) is 2.12. The Bertz CT molecular complexity index is 246. The summed E-state index contributed by atoms with van der Waals surface area (Å²) >= 11 is 0. The number of phenols is 1. The van der Waals surface area contributed by atoms with E-state index >= 15 is 0 Å². The zero-order valence-electron chi connectivity index (χ0n) is 7.73. The molecule has 0 saturated heterocycles. The molecule has 1 unspecified atom stereocenters. The van der Waals surface area contributed by atoms with Crippen molar-refractivity contribution in [3.05, 3.63) is 29.8 Å². The summed E-state index contributed by atoms with van der Waals surface area (Å²) in [6.07, 6.45) is 1.84. The molecule has 0 amide bonds. The number of hydrogen-bond acceptors (Lipinski definition) is 3. The number of aromatic hydroxyl groups is 1. The molecule has 0 fully saturated rings. The molecule has 3 N–H and O–H groups in total. The minimum absolute atomic E-state index is 0.0643. The smallest absolute Gasteiger partial charge is 0.115 e. The van der Waals surface area contributed by atoms with Gasteiger partial charge in [-0.25, -0.2) is 5.90 Å². The zero-order valence-corrected chi connectivity index (χ0v) is 7.73.